The summed E-state index contributed by atoms with van der Waals surface area (Å²) in [6, 6.07) is 7.48. The summed E-state index contributed by atoms with van der Waals surface area (Å²) in [7, 11) is 0. The number of amides is 1. The Morgan fingerprint density at radius 3 is 2.86 bits per heavy atom. The maximum Gasteiger partial charge on any atom is 0.257 e. The van der Waals surface area contributed by atoms with Gasteiger partial charge >= 0.3 is 0 Å². The number of nitrogens with zero attached hydrogens (tertiary/aromatic N) is 1. The van der Waals surface area contributed by atoms with Crippen LogP contribution in [0.2, 0.25) is 0 Å². The first-order valence-corrected chi connectivity index (χ1v) is 7.27. The van der Waals surface area contributed by atoms with Crippen LogP contribution in [0.4, 0.5) is 0 Å². The minimum atomic E-state index is -0.116. The third-order valence-corrected chi connectivity index (χ3v) is 3.41. The van der Waals surface area contributed by atoms with Gasteiger partial charge in [-0.15, -0.1) is 0 Å². The van der Waals surface area contributed by atoms with Gasteiger partial charge in [-0.3, -0.25) is 9.69 Å². The molecule has 1 aliphatic rings. The quantitative estimate of drug-likeness (QED) is 0.738. The fourth-order valence-electron chi connectivity index (χ4n) is 2.19. The smallest absolute Gasteiger partial charge is 0.257 e. The van der Waals surface area contributed by atoms with E-state index < -0.39 is 0 Å². The summed E-state index contributed by atoms with van der Waals surface area (Å²) in [6.45, 7) is 5.27. The van der Waals surface area contributed by atoms with E-state index >= 15 is 0 Å². The first kappa shape index (κ1) is 15.8. The van der Waals surface area contributed by atoms with Crippen LogP contribution in [-0.4, -0.2) is 56.8 Å². The zero-order chi connectivity index (χ0) is 14.9. The molecular weight excluding hydrogens is 270 g/mol. The van der Waals surface area contributed by atoms with E-state index in [1.165, 1.54) is 0 Å². The highest BCUT2D eigenvalue weighted by Gasteiger charge is 2.10. The first-order valence-electron chi connectivity index (χ1n) is 7.27. The lowest BCUT2D eigenvalue weighted by Gasteiger charge is -2.26. The average molecular weight is 293 g/mol. The average Bonchev–Trinajstić information content (AvgIpc) is 2.54. The van der Waals surface area contributed by atoms with Crippen LogP contribution in [0.25, 0.3) is 0 Å². The molecule has 2 rings (SSSR count). The minimum absolute atomic E-state index is 0.0140. The Morgan fingerprint density at radius 1 is 1.33 bits per heavy atom. The Hall–Kier alpha value is -1.63. The van der Waals surface area contributed by atoms with Crippen LogP contribution < -0.4 is 15.8 Å². The summed E-state index contributed by atoms with van der Waals surface area (Å²) in [5, 5.41) is 2.86. The van der Waals surface area contributed by atoms with Crippen molar-refractivity contribution >= 4 is 5.91 Å². The molecule has 1 heterocycles. The van der Waals surface area contributed by atoms with Crippen molar-refractivity contribution in [1.82, 2.24) is 10.2 Å². The van der Waals surface area contributed by atoms with Crippen molar-refractivity contribution in [2.75, 3.05) is 46.0 Å². The zero-order valence-electron chi connectivity index (χ0n) is 12.2. The van der Waals surface area contributed by atoms with Gasteiger partial charge in [0.15, 0.2) is 6.61 Å². The van der Waals surface area contributed by atoms with Crippen LogP contribution in [0.5, 0.6) is 5.75 Å². The zero-order valence-corrected chi connectivity index (χ0v) is 12.2. The molecule has 0 aliphatic carbocycles. The van der Waals surface area contributed by atoms with Crippen molar-refractivity contribution in [3.05, 3.63) is 29.8 Å². The lowest BCUT2D eigenvalue weighted by molar-refractivity contribution is -0.123. The van der Waals surface area contributed by atoms with Gasteiger partial charge in [-0.1, -0.05) is 18.2 Å². The lowest BCUT2D eigenvalue weighted by atomic mass is 10.2. The van der Waals surface area contributed by atoms with Gasteiger partial charge in [0.2, 0.25) is 0 Å². The highest BCUT2D eigenvalue weighted by molar-refractivity contribution is 5.77. The number of ether oxygens (including phenoxy) is 2. The highest BCUT2D eigenvalue weighted by atomic mass is 16.5. The number of morpholine rings is 1. The maximum atomic E-state index is 11.7. The molecule has 1 fully saturated rings. The van der Waals surface area contributed by atoms with Gasteiger partial charge in [-0.2, -0.15) is 0 Å². The molecule has 0 unspecified atom stereocenters. The molecule has 0 radical (unpaired) electrons. The van der Waals surface area contributed by atoms with Gasteiger partial charge in [-0.05, 0) is 6.07 Å². The molecule has 1 amide bonds. The summed E-state index contributed by atoms with van der Waals surface area (Å²) >= 11 is 0. The predicted octanol–water partition coefficient (Wildman–Crippen LogP) is -0.0275. The number of hydrogen-bond acceptors (Lipinski definition) is 5. The molecule has 0 aromatic heterocycles. The standard InChI is InChI=1S/C15H23N3O3/c16-11-13-3-1-2-4-14(13)21-12-15(19)17-5-6-18-7-9-20-10-8-18/h1-4H,5-12,16H2,(H,17,19). The van der Waals surface area contributed by atoms with Crippen LogP contribution in [0.1, 0.15) is 5.56 Å². The summed E-state index contributed by atoms with van der Waals surface area (Å²) in [5.41, 5.74) is 6.53. The molecule has 1 aromatic carbocycles. The molecule has 21 heavy (non-hydrogen) atoms. The second kappa shape index (κ2) is 8.61. The number of rotatable bonds is 7. The van der Waals surface area contributed by atoms with Crippen molar-refractivity contribution in [3.8, 4) is 5.75 Å². The van der Waals surface area contributed by atoms with Crippen molar-refractivity contribution in [2.24, 2.45) is 5.73 Å². The van der Waals surface area contributed by atoms with E-state index in [4.69, 9.17) is 15.2 Å². The van der Waals surface area contributed by atoms with E-state index in [1.54, 1.807) is 0 Å². The van der Waals surface area contributed by atoms with Crippen LogP contribution in [-0.2, 0) is 16.1 Å². The van der Waals surface area contributed by atoms with Crippen LogP contribution in [0, 0.1) is 0 Å². The molecule has 0 saturated carbocycles. The Bertz CT molecular complexity index is 448. The number of hydrogen-bond donors (Lipinski definition) is 2. The highest BCUT2D eigenvalue weighted by Crippen LogP contribution is 2.16. The number of nitrogens with one attached hydrogen (secondary N) is 1. The molecule has 1 aromatic rings. The molecule has 0 spiro atoms. The number of carbonyl (C=O) groups is 1. The first-order chi connectivity index (χ1) is 10.3. The minimum Gasteiger partial charge on any atom is -0.483 e. The van der Waals surface area contributed by atoms with Crippen molar-refractivity contribution < 1.29 is 14.3 Å². The lowest BCUT2D eigenvalue weighted by Crippen LogP contribution is -2.42. The van der Waals surface area contributed by atoms with E-state index in [1.807, 2.05) is 24.3 Å². The molecule has 0 bridgehead atoms. The number of carbonyl (C=O) groups excluding carboxylic acids is 1. The van der Waals surface area contributed by atoms with Crippen molar-refractivity contribution in [1.29, 1.82) is 0 Å². The largest absolute Gasteiger partial charge is 0.483 e. The Morgan fingerprint density at radius 2 is 2.10 bits per heavy atom. The Labute approximate surface area is 125 Å². The summed E-state index contributed by atoms with van der Waals surface area (Å²) in [5.74, 6) is 0.554. The van der Waals surface area contributed by atoms with Crippen molar-refractivity contribution in [3.63, 3.8) is 0 Å². The molecule has 1 saturated heterocycles. The van der Waals surface area contributed by atoms with E-state index in [9.17, 15) is 4.79 Å². The monoisotopic (exact) mass is 293 g/mol. The second-order valence-corrected chi connectivity index (χ2v) is 4.90. The predicted molar refractivity (Wildman–Crippen MR) is 80.1 cm³/mol. The van der Waals surface area contributed by atoms with Gasteiger partial charge in [-0.25, -0.2) is 0 Å². The van der Waals surface area contributed by atoms with Crippen LogP contribution >= 0.6 is 0 Å². The van der Waals surface area contributed by atoms with Crippen LogP contribution in [0.3, 0.4) is 0 Å². The third kappa shape index (κ3) is 5.34. The van der Waals surface area contributed by atoms with Gasteiger partial charge in [0.05, 0.1) is 13.2 Å². The normalized spacial score (nSPS) is 15.7. The van der Waals surface area contributed by atoms with Crippen molar-refractivity contribution in [2.45, 2.75) is 6.54 Å². The van der Waals surface area contributed by atoms with Gasteiger partial charge < -0.3 is 20.5 Å². The van der Waals surface area contributed by atoms with Gasteiger partial charge in [0.25, 0.3) is 5.91 Å². The van der Waals surface area contributed by atoms with E-state index in [-0.39, 0.29) is 12.5 Å². The molecule has 3 N–H and O–H groups in total. The van der Waals surface area contributed by atoms with Gasteiger partial charge in [0, 0.05) is 38.3 Å². The Balaban J connectivity index is 1.65. The molecule has 116 valence electrons. The summed E-state index contributed by atoms with van der Waals surface area (Å²) in [4.78, 5) is 14.0. The molecule has 0 atom stereocenters. The molecule has 6 nitrogen and oxygen atoms in total. The topological polar surface area (TPSA) is 76.8 Å². The second-order valence-electron chi connectivity index (χ2n) is 4.90. The third-order valence-electron chi connectivity index (χ3n) is 3.41. The fraction of sp³-hybridized carbons (Fsp3) is 0.533. The summed E-state index contributed by atoms with van der Waals surface area (Å²) in [6.07, 6.45) is 0. The molecule has 1 aliphatic heterocycles. The Kier molecular flexibility index (Phi) is 6.46. The van der Waals surface area contributed by atoms with E-state index in [0.717, 1.165) is 38.4 Å². The fourth-order valence-corrected chi connectivity index (χ4v) is 2.19. The maximum absolute atomic E-state index is 11.7. The van der Waals surface area contributed by atoms with Crippen LogP contribution in [0.15, 0.2) is 24.3 Å². The number of para-hydroxylation sites is 1. The van der Waals surface area contributed by atoms with Gasteiger partial charge in [0.1, 0.15) is 5.75 Å². The summed E-state index contributed by atoms with van der Waals surface area (Å²) < 4.78 is 10.8. The van der Waals surface area contributed by atoms with E-state index in [0.29, 0.717) is 18.8 Å². The molecular formula is C15H23N3O3. The van der Waals surface area contributed by atoms with E-state index in [2.05, 4.69) is 10.2 Å². The molecule has 6 heteroatoms. The SMILES string of the molecule is NCc1ccccc1OCC(=O)NCCN1CCOCC1. The number of benzene rings is 1. The number of nitrogens with two attached hydrogens (primary N) is 1.